The Morgan fingerprint density at radius 2 is 2.22 bits per heavy atom. The fraction of sp³-hybridized carbons (Fsp3) is 0.333. The Bertz CT molecular complexity index is 493. The van der Waals surface area contributed by atoms with Gasteiger partial charge in [-0.2, -0.15) is 4.39 Å². The van der Waals surface area contributed by atoms with E-state index in [0.29, 0.717) is 6.20 Å². The maximum absolute atomic E-state index is 13.1. The van der Waals surface area contributed by atoms with Crippen molar-refractivity contribution >= 4 is 11.7 Å². The first-order valence-electron chi connectivity index (χ1n) is 4.55. The van der Waals surface area contributed by atoms with E-state index < -0.39 is 46.5 Å². The van der Waals surface area contributed by atoms with Crippen molar-refractivity contribution in [1.29, 1.82) is 0 Å². The van der Waals surface area contributed by atoms with Gasteiger partial charge in [-0.15, -0.1) is 0 Å². The summed E-state index contributed by atoms with van der Waals surface area (Å²) in [6.45, 7) is 0. The van der Waals surface area contributed by atoms with E-state index in [4.69, 9.17) is 0 Å². The number of nitrogens with zero attached hydrogens (tertiary/aromatic N) is 2. The summed E-state index contributed by atoms with van der Waals surface area (Å²) in [5.41, 5.74) is -3.02. The minimum Gasteiger partial charge on any atom is -0.469 e. The van der Waals surface area contributed by atoms with E-state index in [1.54, 1.807) is 0 Å². The van der Waals surface area contributed by atoms with Crippen molar-refractivity contribution in [2.24, 2.45) is 0 Å². The predicted octanol–water partition coefficient (Wildman–Crippen LogP) is 1.78. The molecule has 9 heteroatoms. The van der Waals surface area contributed by atoms with Crippen molar-refractivity contribution in [2.45, 2.75) is 12.8 Å². The van der Waals surface area contributed by atoms with Crippen molar-refractivity contribution in [3.8, 4) is 0 Å². The van der Waals surface area contributed by atoms with Crippen molar-refractivity contribution < 1.29 is 27.6 Å². The summed E-state index contributed by atoms with van der Waals surface area (Å²) in [6.07, 6.45) is -3.30. The van der Waals surface area contributed by atoms with Crippen molar-refractivity contribution in [1.82, 2.24) is 4.98 Å². The number of nitro groups is 1. The van der Waals surface area contributed by atoms with E-state index in [1.807, 2.05) is 0 Å². The normalized spacial score (nSPS) is 10.5. The monoisotopic (exact) mass is 264 g/mol. The summed E-state index contributed by atoms with van der Waals surface area (Å²) in [6, 6.07) is 0. The first-order chi connectivity index (χ1) is 8.38. The van der Waals surface area contributed by atoms with Crippen LogP contribution in [0.3, 0.4) is 0 Å². The molecule has 0 N–H and O–H groups in total. The molecule has 1 aromatic rings. The number of alkyl halides is 2. The van der Waals surface area contributed by atoms with Gasteiger partial charge >= 0.3 is 11.7 Å². The van der Waals surface area contributed by atoms with Crippen LogP contribution in [-0.4, -0.2) is 23.0 Å². The quantitative estimate of drug-likeness (QED) is 0.358. The third-order valence-electron chi connectivity index (χ3n) is 2.09. The molecule has 1 heterocycles. The molecule has 1 rings (SSSR count). The molecule has 0 saturated heterocycles. The molecule has 6 nitrogen and oxygen atoms in total. The van der Waals surface area contributed by atoms with E-state index in [2.05, 4.69) is 9.72 Å². The van der Waals surface area contributed by atoms with Gasteiger partial charge in [-0.05, 0) is 5.56 Å². The van der Waals surface area contributed by atoms with E-state index in [1.165, 1.54) is 0 Å². The van der Waals surface area contributed by atoms with E-state index in [-0.39, 0.29) is 0 Å². The number of hydrogen-bond acceptors (Lipinski definition) is 5. The van der Waals surface area contributed by atoms with Crippen LogP contribution >= 0.6 is 0 Å². The van der Waals surface area contributed by atoms with Crippen molar-refractivity contribution in [3.63, 3.8) is 0 Å². The Balaban J connectivity index is 3.39. The van der Waals surface area contributed by atoms with Crippen LogP contribution in [0.1, 0.15) is 17.6 Å². The van der Waals surface area contributed by atoms with Crippen LogP contribution in [0, 0.1) is 16.1 Å². The Hall–Kier alpha value is -2.19. The number of hydrogen-bond donors (Lipinski definition) is 0. The Morgan fingerprint density at radius 3 is 2.67 bits per heavy atom. The first kappa shape index (κ1) is 13.9. The topological polar surface area (TPSA) is 82.3 Å². The average Bonchev–Trinajstić information content (AvgIpc) is 2.29. The third-order valence-corrected chi connectivity index (χ3v) is 2.09. The van der Waals surface area contributed by atoms with Crippen LogP contribution in [0.15, 0.2) is 6.20 Å². The highest BCUT2D eigenvalue weighted by Gasteiger charge is 2.31. The first-order valence-corrected chi connectivity index (χ1v) is 4.55. The largest absolute Gasteiger partial charge is 0.469 e. The summed E-state index contributed by atoms with van der Waals surface area (Å²) in [5, 5.41) is 10.5. The number of rotatable bonds is 4. The summed E-state index contributed by atoms with van der Waals surface area (Å²) in [4.78, 5) is 23.2. The molecular formula is C9H7F3N2O4. The van der Waals surface area contributed by atoms with Gasteiger partial charge in [-0.3, -0.25) is 14.9 Å². The number of pyridine rings is 1. The van der Waals surface area contributed by atoms with Crippen LogP contribution in [0.25, 0.3) is 0 Å². The molecule has 0 amide bonds. The lowest BCUT2D eigenvalue weighted by molar-refractivity contribution is -0.389. The summed E-state index contributed by atoms with van der Waals surface area (Å²) < 4.78 is 42.8. The number of carbonyl (C=O) groups is 1. The minimum absolute atomic E-state index is 0.440. The van der Waals surface area contributed by atoms with E-state index in [9.17, 15) is 28.1 Å². The average molecular weight is 264 g/mol. The Kier molecular flexibility index (Phi) is 4.18. The molecule has 0 aliphatic rings. The maximum Gasteiger partial charge on any atom is 0.333 e. The number of carbonyl (C=O) groups excluding carboxylic acids is 1. The van der Waals surface area contributed by atoms with Gasteiger partial charge in [-0.1, -0.05) is 0 Å². The Labute approximate surface area is 98.5 Å². The van der Waals surface area contributed by atoms with Gasteiger partial charge in [0.15, 0.2) is 0 Å². The summed E-state index contributed by atoms with van der Waals surface area (Å²) in [7, 11) is 1.02. The highest BCUT2D eigenvalue weighted by atomic mass is 19.3. The van der Waals surface area contributed by atoms with Crippen LogP contribution in [0.4, 0.5) is 18.9 Å². The maximum atomic E-state index is 13.1. The van der Waals surface area contributed by atoms with Crippen molar-refractivity contribution in [3.05, 3.63) is 33.4 Å². The highest BCUT2D eigenvalue weighted by molar-refractivity contribution is 5.73. The lowest BCUT2D eigenvalue weighted by atomic mass is 10.1. The molecule has 0 unspecified atom stereocenters. The zero-order valence-corrected chi connectivity index (χ0v) is 9.02. The standard InChI is InChI=1S/C9H7F3N2O4/c1-18-5(15)2-4-3-13-9(12)7(14(16)17)6(4)8(10)11/h3,8H,2H2,1H3. The molecule has 0 fully saturated rings. The van der Waals surface area contributed by atoms with Gasteiger partial charge in [0.25, 0.3) is 12.4 Å². The van der Waals surface area contributed by atoms with Crippen LogP contribution in [-0.2, 0) is 16.0 Å². The lowest BCUT2D eigenvalue weighted by Gasteiger charge is -2.08. The number of esters is 1. The third kappa shape index (κ3) is 2.73. The zero-order valence-electron chi connectivity index (χ0n) is 9.02. The molecule has 0 aliphatic carbocycles. The van der Waals surface area contributed by atoms with Crippen LogP contribution in [0.5, 0.6) is 0 Å². The second-order valence-electron chi connectivity index (χ2n) is 3.15. The smallest absolute Gasteiger partial charge is 0.333 e. The van der Waals surface area contributed by atoms with Gasteiger partial charge in [0, 0.05) is 6.20 Å². The molecule has 1 aromatic heterocycles. The van der Waals surface area contributed by atoms with Gasteiger partial charge in [0.2, 0.25) is 0 Å². The zero-order chi connectivity index (χ0) is 13.9. The molecule has 0 atom stereocenters. The van der Waals surface area contributed by atoms with Gasteiger partial charge in [0.05, 0.1) is 18.5 Å². The number of halogens is 3. The molecule has 0 spiro atoms. The molecule has 0 radical (unpaired) electrons. The number of methoxy groups -OCH3 is 1. The molecule has 0 saturated carbocycles. The molecule has 18 heavy (non-hydrogen) atoms. The number of ether oxygens (including phenoxy) is 1. The predicted molar refractivity (Wildman–Crippen MR) is 51.5 cm³/mol. The number of aromatic nitrogens is 1. The van der Waals surface area contributed by atoms with Gasteiger partial charge in [0.1, 0.15) is 5.56 Å². The van der Waals surface area contributed by atoms with Gasteiger partial charge in [-0.25, -0.2) is 13.8 Å². The minimum atomic E-state index is -3.30. The van der Waals surface area contributed by atoms with Crippen LogP contribution < -0.4 is 0 Å². The van der Waals surface area contributed by atoms with Gasteiger partial charge < -0.3 is 4.74 Å². The Morgan fingerprint density at radius 1 is 1.61 bits per heavy atom. The lowest BCUT2D eigenvalue weighted by Crippen LogP contribution is -2.11. The molecular weight excluding hydrogens is 257 g/mol. The second-order valence-corrected chi connectivity index (χ2v) is 3.15. The molecule has 0 bridgehead atoms. The molecule has 0 aliphatic heterocycles. The highest BCUT2D eigenvalue weighted by Crippen LogP contribution is 2.33. The summed E-state index contributed by atoms with van der Waals surface area (Å²) >= 11 is 0. The fourth-order valence-corrected chi connectivity index (χ4v) is 1.31. The fourth-order valence-electron chi connectivity index (χ4n) is 1.31. The van der Waals surface area contributed by atoms with Crippen molar-refractivity contribution in [2.75, 3.05) is 7.11 Å². The van der Waals surface area contributed by atoms with E-state index >= 15 is 0 Å². The SMILES string of the molecule is COC(=O)Cc1cnc(F)c([N+](=O)[O-])c1C(F)F. The second kappa shape index (κ2) is 5.43. The van der Waals surface area contributed by atoms with Crippen LogP contribution in [0.2, 0.25) is 0 Å². The molecule has 0 aromatic carbocycles. The molecule has 98 valence electrons. The summed E-state index contributed by atoms with van der Waals surface area (Å²) in [5.74, 6) is -2.51. The van der Waals surface area contributed by atoms with E-state index in [0.717, 1.165) is 7.11 Å².